The van der Waals surface area contributed by atoms with E-state index in [1.165, 1.54) is 0 Å². The monoisotopic (exact) mass is 254 g/mol. The largest absolute Gasteiger partial charge is 0.479 e. The van der Waals surface area contributed by atoms with Crippen LogP contribution in [0.5, 0.6) is 5.75 Å². The van der Waals surface area contributed by atoms with Gasteiger partial charge in [0.15, 0.2) is 11.4 Å². The molecule has 1 heterocycles. The summed E-state index contributed by atoms with van der Waals surface area (Å²) in [5, 5.41) is 9.76. The molecule has 3 nitrogen and oxygen atoms in total. The minimum absolute atomic E-state index is 0.000229. The van der Waals surface area contributed by atoms with E-state index >= 15 is 0 Å². The van der Waals surface area contributed by atoms with Crippen molar-refractivity contribution in [3.63, 3.8) is 0 Å². The fraction of sp³-hybridized carbons (Fsp3) is 0.188. The van der Waals surface area contributed by atoms with Gasteiger partial charge in [-0.2, -0.15) is 0 Å². The normalized spacial score (nSPS) is 21.6. The number of fused-ring (bicyclic) bond motifs is 1. The van der Waals surface area contributed by atoms with Gasteiger partial charge in [-0.25, -0.2) is 0 Å². The van der Waals surface area contributed by atoms with Gasteiger partial charge in [-0.1, -0.05) is 42.5 Å². The Morgan fingerprint density at radius 3 is 2.47 bits per heavy atom. The summed E-state index contributed by atoms with van der Waals surface area (Å²) in [5.74, 6) is 0.538. The van der Waals surface area contributed by atoms with Crippen molar-refractivity contribution in [1.82, 2.24) is 0 Å². The Labute approximate surface area is 111 Å². The summed E-state index contributed by atoms with van der Waals surface area (Å²) in [7, 11) is 0. The van der Waals surface area contributed by atoms with E-state index in [0.717, 1.165) is 5.56 Å². The molecule has 3 rings (SSSR count). The lowest BCUT2D eigenvalue weighted by Gasteiger charge is -2.36. The van der Waals surface area contributed by atoms with E-state index in [4.69, 9.17) is 4.74 Å². The van der Waals surface area contributed by atoms with Gasteiger partial charge in [-0.3, -0.25) is 4.79 Å². The third-order valence-corrected chi connectivity index (χ3v) is 3.49. The number of ketones is 1. The van der Waals surface area contributed by atoms with Crippen LogP contribution >= 0.6 is 0 Å². The summed E-state index contributed by atoms with van der Waals surface area (Å²) in [6, 6.07) is 16.5. The Hall–Kier alpha value is -2.13. The highest BCUT2D eigenvalue weighted by atomic mass is 16.5. The number of carbonyl (C=O) groups is 1. The van der Waals surface area contributed by atoms with Crippen molar-refractivity contribution in [2.75, 3.05) is 6.61 Å². The van der Waals surface area contributed by atoms with Crippen molar-refractivity contribution >= 4 is 5.78 Å². The summed E-state index contributed by atoms with van der Waals surface area (Å²) in [4.78, 5) is 12.2. The minimum atomic E-state index is -0.966. The topological polar surface area (TPSA) is 46.5 Å². The molecule has 0 saturated carbocycles. The Bertz CT molecular complexity index is 606. The molecule has 2 aromatic carbocycles. The summed E-state index contributed by atoms with van der Waals surface area (Å²) < 4.78 is 5.95. The third kappa shape index (κ3) is 1.92. The zero-order chi connectivity index (χ0) is 13.3. The summed E-state index contributed by atoms with van der Waals surface area (Å²) in [6.45, 7) is -0.225. The molecule has 0 aromatic heterocycles. The highest BCUT2D eigenvalue weighted by Crippen LogP contribution is 2.39. The molecule has 0 aliphatic carbocycles. The Morgan fingerprint density at radius 2 is 1.74 bits per heavy atom. The number of Topliss-reactive ketones (excluding diaryl/α,β-unsaturated/α-hetero) is 1. The molecule has 0 amide bonds. The van der Waals surface area contributed by atoms with E-state index in [1.807, 2.05) is 42.5 Å². The highest BCUT2D eigenvalue weighted by Gasteiger charge is 2.41. The van der Waals surface area contributed by atoms with E-state index in [9.17, 15) is 9.90 Å². The van der Waals surface area contributed by atoms with Gasteiger partial charge in [0.1, 0.15) is 5.75 Å². The lowest BCUT2D eigenvalue weighted by molar-refractivity contribution is -0.00672. The summed E-state index contributed by atoms with van der Waals surface area (Å²) >= 11 is 0. The highest BCUT2D eigenvalue weighted by molar-refractivity contribution is 6.00. The maximum Gasteiger partial charge on any atom is 0.171 e. The Kier molecular flexibility index (Phi) is 2.84. The molecule has 19 heavy (non-hydrogen) atoms. The molecule has 2 aromatic rings. The molecular formula is C16H14O3. The number of aliphatic hydroxyl groups is 1. The number of hydrogen-bond donors (Lipinski definition) is 1. The molecule has 0 fully saturated rings. The van der Waals surface area contributed by atoms with Crippen LogP contribution in [0.3, 0.4) is 0 Å². The number of ether oxygens (including phenoxy) is 1. The third-order valence-electron chi connectivity index (χ3n) is 3.49. The number of aliphatic hydroxyl groups excluding tert-OH is 1. The zero-order valence-electron chi connectivity index (χ0n) is 10.4. The average Bonchev–Trinajstić information content (AvgIpc) is 2.48. The number of hydrogen-bond acceptors (Lipinski definition) is 3. The predicted molar refractivity (Wildman–Crippen MR) is 71.2 cm³/mol. The Morgan fingerprint density at radius 1 is 1.05 bits per heavy atom. The van der Waals surface area contributed by atoms with Gasteiger partial charge in [-0.15, -0.1) is 0 Å². The zero-order valence-corrected chi connectivity index (χ0v) is 10.4. The Balaban J connectivity index is 2.09. The predicted octanol–water partition coefficient (Wildman–Crippen LogP) is 2.54. The standard InChI is InChI=1S/C16H14O3/c17-11-16(12-6-2-1-3-7-12)10-14(18)13-8-4-5-9-15(13)19-16/h1-9,17H,10-11H2/t16-/m1/s1. The van der Waals surface area contributed by atoms with Crippen LogP contribution in [0.25, 0.3) is 0 Å². The van der Waals surface area contributed by atoms with Crippen LogP contribution in [0.1, 0.15) is 22.3 Å². The maximum absolute atomic E-state index is 12.2. The smallest absolute Gasteiger partial charge is 0.171 e. The van der Waals surface area contributed by atoms with Gasteiger partial charge in [0, 0.05) is 0 Å². The van der Waals surface area contributed by atoms with Crippen molar-refractivity contribution in [3.05, 3.63) is 65.7 Å². The molecule has 1 aliphatic rings. The lowest BCUT2D eigenvalue weighted by Crippen LogP contribution is -2.42. The van der Waals surface area contributed by atoms with E-state index in [1.54, 1.807) is 12.1 Å². The van der Waals surface area contributed by atoms with Crippen molar-refractivity contribution in [1.29, 1.82) is 0 Å². The first kappa shape index (κ1) is 11.9. The molecule has 1 aliphatic heterocycles. The van der Waals surface area contributed by atoms with Gasteiger partial charge in [0.2, 0.25) is 0 Å². The maximum atomic E-state index is 12.2. The number of rotatable bonds is 2. The first-order chi connectivity index (χ1) is 9.25. The fourth-order valence-electron chi connectivity index (χ4n) is 2.47. The van der Waals surface area contributed by atoms with Gasteiger partial charge < -0.3 is 9.84 Å². The average molecular weight is 254 g/mol. The van der Waals surface area contributed by atoms with Crippen molar-refractivity contribution < 1.29 is 14.6 Å². The summed E-state index contributed by atoms with van der Waals surface area (Å²) in [5.41, 5.74) is 0.440. The van der Waals surface area contributed by atoms with Crippen LogP contribution in [0.4, 0.5) is 0 Å². The second-order valence-corrected chi connectivity index (χ2v) is 4.72. The van der Waals surface area contributed by atoms with Crippen LogP contribution in [0, 0.1) is 0 Å². The van der Waals surface area contributed by atoms with Gasteiger partial charge in [0.05, 0.1) is 18.6 Å². The lowest BCUT2D eigenvalue weighted by atomic mass is 9.85. The van der Waals surface area contributed by atoms with E-state index in [-0.39, 0.29) is 18.8 Å². The van der Waals surface area contributed by atoms with Gasteiger partial charge in [-0.05, 0) is 17.7 Å². The second kappa shape index (κ2) is 4.52. The van der Waals surface area contributed by atoms with Crippen molar-refractivity contribution in [2.24, 2.45) is 0 Å². The molecule has 0 saturated heterocycles. The number of para-hydroxylation sites is 1. The molecule has 3 heteroatoms. The van der Waals surface area contributed by atoms with E-state index in [0.29, 0.717) is 11.3 Å². The van der Waals surface area contributed by atoms with Gasteiger partial charge >= 0.3 is 0 Å². The van der Waals surface area contributed by atoms with Crippen LogP contribution < -0.4 is 4.74 Å². The van der Waals surface area contributed by atoms with Crippen molar-refractivity contribution in [2.45, 2.75) is 12.0 Å². The van der Waals surface area contributed by atoms with Crippen LogP contribution in [0.2, 0.25) is 0 Å². The van der Waals surface area contributed by atoms with Crippen molar-refractivity contribution in [3.8, 4) is 5.75 Å². The minimum Gasteiger partial charge on any atom is -0.479 e. The van der Waals surface area contributed by atoms with Crippen LogP contribution in [-0.2, 0) is 5.60 Å². The quantitative estimate of drug-likeness (QED) is 0.895. The molecule has 1 N–H and O–H groups in total. The number of benzene rings is 2. The van der Waals surface area contributed by atoms with Crippen LogP contribution in [-0.4, -0.2) is 17.5 Å². The van der Waals surface area contributed by atoms with Crippen LogP contribution in [0.15, 0.2) is 54.6 Å². The first-order valence-electron chi connectivity index (χ1n) is 6.23. The van der Waals surface area contributed by atoms with E-state index < -0.39 is 5.60 Å². The SMILES string of the molecule is O=C1C[C@@](CO)(c2ccccc2)Oc2ccccc21. The second-order valence-electron chi connectivity index (χ2n) is 4.72. The molecule has 1 atom stereocenters. The first-order valence-corrected chi connectivity index (χ1v) is 6.23. The molecule has 0 radical (unpaired) electrons. The summed E-state index contributed by atoms with van der Waals surface area (Å²) in [6.07, 6.45) is 0.157. The molecule has 0 bridgehead atoms. The van der Waals surface area contributed by atoms with E-state index in [2.05, 4.69) is 0 Å². The van der Waals surface area contributed by atoms with Gasteiger partial charge in [0.25, 0.3) is 0 Å². The molecule has 0 unspecified atom stereocenters. The molecule has 96 valence electrons. The fourth-order valence-corrected chi connectivity index (χ4v) is 2.47. The molecular weight excluding hydrogens is 240 g/mol. The number of carbonyl (C=O) groups excluding carboxylic acids is 1. The molecule has 0 spiro atoms.